The molecule has 7 heteroatoms. The Hall–Kier alpha value is -2.64. The molecule has 4 rings (SSSR count). The van der Waals surface area contributed by atoms with Gasteiger partial charge in [-0.3, -0.25) is 9.69 Å². The Labute approximate surface area is 174 Å². The van der Waals surface area contributed by atoms with Gasteiger partial charge in [0.25, 0.3) is 0 Å². The molecule has 1 amide bonds. The van der Waals surface area contributed by atoms with E-state index in [1.54, 1.807) is 37.7 Å². The quantitative estimate of drug-likeness (QED) is 0.661. The summed E-state index contributed by atoms with van der Waals surface area (Å²) in [6.45, 7) is 2.12. The van der Waals surface area contributed by atoms with Crippen LogP contribution >= 0.6 is 11.3 Å². The van der Waals surface area contributed by atoms with Crippen molar-refractivity contribution in [1.29, 1.82) is 0 Å². The van der Waals surface area contributed by atoms with E-state index in [1.807, 2.05) is 12.1 Å². The molecule has 0 unspecified atom stereocenters. The zero-order valence-corrected chi connectivity index (χ0v) is 17.5. The molecule has 152 valence electrons. The largest absolute Gasteiger partial charge is 0.497 e. The number of methoxy groups -OCH3 is 2. The minimum atomic E-state index is -0.0542. The molecular formula is C22H25N3O3S. The van der Waals surface area contributed by atoms with Crippen LogP contribution in [0.25, 0.3) is 10.2 Å². The number of rotatable bonds is 6. The number of likely N-dealkylation sites (tertiary alicyclic amines) is 1. The van der Waals surface area contributed by atoms with Crippen molar-refractivity contribution in [2.75, 3.05) is 39.2 Å². The number of aromatic nitrogens is 1. The third kappa shape index (κ3) is 4.52. The standard InChI is InChI=1S/C22H25N3O3S/c1-27-16-9-10-19(28-2)18(12-16)23-21(26)14-25-11-5-6-15(13-25)22-24-17-7-3-4-8-20(17)29-22/h3-4,7-10,12,15H,5-6,11,13-14H2,1-2H3,(H,23,26)/t15-/m0/s1. The highest BCUT2D eigenvalue weighted by Gasteiger charge is 2.25. The minimum absolute atomic E-state index is 0.0542. The van der Waals surface area contributed by atoms with Crippen molar-refractivity contribution in [1.82, 2.24) is 9.88 Å². The molecule has 29 heavy (non-hydrogen) atoms. The summed E-state index contributed by atoms with van der Waals surface area (Å²) >= 11 is 1.77. The average Bonchev–Trinajstić information content (AvgIpc) is 3.18. The first-order valence-electron chi connectivity index (χ1n) is 9.76. The molecule has 2 aromatic carbocycles. The number of benzene rings is 2. The van der Waals surface area contributed by atoms with Gasteiger partial charge in [0.2, 0.25) is 5.91 Å². The van der Waals surface area contributed by atoms with Gasteiger partial charge in [0.05, 0.1) is 41.7 Å². The van der Waals surface area contributed by atoms with Crippen molar-refractivity contribution in [3.05, 3.63) is 47.5 Å². The van der Waals surface area contributed by atoms with Crippen LogP contribution in [0.4, 0.5) is 5.69 Å². The molecule has 0 bridgehead atoms. The summed E-state index contributed by atoms with van der Waals surface area (Å²) in [6.07, 6.45) is 2.18. The van der Waals surface area contributed by atoms with Crippen LogP contribution in [0.15, 0.2) is 42.5 Å². The van der Waals surface area contributed by atoms with Crippen molar-refractivity contribution in [2.24, 2.45) is 0 Å². The molecule has 1 aliphatic heterocycles. The maximum Gasteiger partial charge on any atom is 0.238 e. The summed E-state index contributed by atoms with van der Waals surface area (Å²) < 4.78 is 11.8. The molecule has 0 radical (unpaired) electrons. The highest BCUT2D eigenvalue weighted by atomic mass is 32.1. The Kier molecular flexibility index (Phi) is 5.97. The number of nitrogens with zero attached hydrogens (tertiary/aromatic N) is 2. The minimum Gasteiger partial charge on any atom is -0.497 e. The zero-order valence-electron chi connectivity index (χ0n) is 16.7. The van der Waals surface area contributed by atoms with E-state index in [-0.39, 0.29) is 5.91 Å². The number of ether oxygens (including phenoxy) is 2. The van der Waals surface area contributed by atoms with Crippen LogP contribution in [-0.2, 0) is 4.79 Å². The number of amides is 1. The van der Waals surface area contributed by atoms with Crippen molar-refractivity contribution in [2.45, 2.75) is 18.8 Å². The van der Waals surface area contributed by atoms with E-state index in [9.17, 15) is 4.79 Å². The van der Waals surface area contributed by atoms with E-state index in [2.05, 4.69) is 28.4 Å². The number of thiazole rings is 1. The number of piperidine rings is 1. The van der Waals surface area contributed by atoms with Crippen LogP contribution in [0, 0.1) is 0 Å². The first-order chi connectivity index (χ1) is 14.2. The topological polar surface area (TPSA) is 63.7 Å². The number of para-hydroxylation sites is 1. The predicted molar refractivity (Wildman–Crippen MR) is 116 cm³/mol. The molecule has 1 fully saturated rings. The summed E-state index contributed by atoms with van der Waals surface area (Å²) in [5.74, 6) is 1.61. The molecule has 6 nitrogen and oxygen atoms in total. The number of fused-ring (bicyclic) bond motifs is 1. The number of carbonyl (C=O) groups is 1. The van der Waals surface area contributed by atoms with Crippen molar-refractivity contribution in [3.63, 3.8) is 0 Å². The van der Waals surface area contributed by atoms with Crippen LogP contribution in [0.5, 0.6) is 11.5 Å². The summed E-state index contributed by atoms with van der Waals surface area (Å²) in [6, 6.07) is 13.6. The van der Waals surface area contributed by atoms with Gasteiger partial charge in [0.15, 0.2) is 0 Å². The third-order valence-electron chi connectivity index (χ3n) is 5.21. The molecular weight excluding hydrogens is 386 g/mol. The molecule has 1 atom stereocenters. The zero-order chi connectivity index (χ0) is 20.2. The first-order valence-corrected chi connectivity index (χ1v) is 10.6. The molecule has 2 heterocycles. The normalized spacial score (nSPS) is 17.2. The van der Waals surface area contributed by atoms with Crippen molar-refractivity contribution < 1.29 is 14.3 Å². The summed E-state index contributed by atoms with van der Waals surface area (Å²) in [5.41, 5.74) is 1.68. The number of nitrogens with one attached hydrogen (secondary N) is 1. The molecule has 1 aliphatic rings. The SMILES string of the molecule is COc1ccc(OC)c(NC(=O)CN2CCC[C@H](c3nc4ccccc4s3)C2)c1. The van der Waals surface area contributed by atoms with Crippen LogP contribution in [-0.4, -0.2) is 49.6 Å². The Balaban J connectivity index is 1.41. The van der Waals surface area contributed by atoms with Gasteiger partial charge in [0, 0.05) is 18.5 Å². The van der Waals surface area contributed by atoms with Crippen LogP contribution < -0.4 is 14.8 Å². The molecule has 1 N–H and O–H groups in total. The summed E-state index contributed by atoms with van der Waals surface area (Å²) in [5, 5.41) is 4.13. The molecule has 3 aromatic rings. The van der Waals surface area contributed by atoms with Gasteiger partial charge in [-0.2, -0.15) is 0 Å². The van der Waals surface area contributed by atoms with Crippen LogP contribution in [0.1, 0.15) is 23.8 Å². The second-order valence-corrected chi connectivity index (χ2v) is 8.27. The summed E-state index contributed by atoms with van der Waals surface area (Å²) in [7, 11) is 3.19. The highest BCUT2D eigenvalue weighted by Crippen LogP contribution is 2.33. The van der Waals surface area contributed by atoms with E-state index >= 15 is 0 Å². The van der Waals surface area contributed by atoms with Gasteiger partial charge in [-0.05, 0) is 43.7 Å². The van der Waals surface area contributed by atoms with Gasteiger partial charge >= 0.3 is 0 Å². The number of carbonyl (C=O) groups excluding carboxylic acids is 1. The fraction of sp³-hybridized carbons (Fsp3) is 0.364. The van der Waals surface area contributed by atoms with Gasteiger partial charge in [0.1, 0.15) is 11.5 Å². The Bertz CT molecular complexity index is 971. The van der Waals surface area contributed by atoms with E-state index in [1.165, 1.54) is 9.71 Å². The lowest BCUT2D eigenvalue weighted by atomic mass is 9.99. The molecule has 1 saturated heterocycles. The first kappa shape index (κ1) is 19.7. The molecule has 1 aromatic heterocycles. The third-order valence-corrected chi connectivity index (χ3v) is 6.41. The van der Waals surface area contributed by atoms with Gasteiger partial charge in [-0.15, -0.1) is 11.3 Å². The van der Waals surface area contributed by atoms with E-state index in [0.29, 0.717) is 29.6 Å². The lowest BCUT2D eigenvalue weighted by Gasteiger charge is -2.31. The lowest BCUT2D eigenvalue weighted by molar-refractivity contribution is -0.117. The Morgan fingerprint density at radius 3 is 2.90 bits per heavy atom. The van der Waals surface area contributed by atoms with Crippen LogP contribution in [0.3, 0.4) is 0 Å². The molecule has 0 saturated carbocycles. The predicted octanol–water partition coefficient (Wildman–Crippen LogP) is 4.13. The monoisotopic (exact) mass is 411 g/mol. The lowest BCUT2D eigenvalue weighted by Crippen LogP contribution is -2.39. The van der Waals surface area contributed by atoms with E-state index in [4.69, 9.17) is 14.5 Å². The second kappa shape index (κ2) is 8.80. The smallest absolute Gasteiger partial charge is 0.238 e. The number of hydrogen-bond donors (Lipinski definition) is 1. The van der Waals surface area contributed by atoms with Crippen molar-refractivity contribution >= 4 is 33.1 Å². The van der Waals surface area contributed by atoms with Crippen LogP contribution in [0.2, 0.25) is 0 Å². The van der Waals surface area contributed by atoms with Gasteiger partial charge in [-0.1, -0.05) is 12.1 Å². The molecule has 0 aliphatic carbocycles. The van der Waals surface area contributed by atoms with E-state index < -0.39 is 0 Å². The second-order valence-electron chi connectivity index (χ2n) is 7.21. The van der Waals surface area contributed by atoms with Crippen molar-refractivity contribution in [3.8, 4) is 11.5 Å². The number of anilines is 1. The Morgan fingerprint density at radius 1 is 1.24 bits per heavy atom. The maximum atomic E-state index is 12.7. The Morgan fingerprint density at radius 2 is 2.10 bits per heavy atom. The highest BCUT2D eigenvalue weighted by molar-refractivity contribution is 7.18. The molecule has 0 spiro atoms. The summed E-state index contributed by atoms with van der Waals surface area (Å²) in [4.78, 5) is 19.7. The van der Waals surface area contributed by atoms with Gasteiger partial charge in [-0.25, -0.2) is 4.98 Å². The fourth-order valence-electron chi connectivity index (χ4n) is 3.77. The average molecular weight is 412 g/mol. The van der Waals surface area contributed by atoms with Gasteiger partial charge < -0.3 is 14.8 Å². The maximum absolute atomic E-state index is 12.7. The number of hydrogen-bond acceptors (Lipinski definition) is 6. The van der Waals surface area contributed by atoms with E-state index in [0.717, 1.165) is 31.4 Å². The fourth-order valence-corrected chi connectivity index (χ4v) is 4.86.